The highest BCUT2D eigenvalue weighted by Crippen LogP contribution is 2.34. The number of benzene rings is 1. The third-order valence-corrected chi connectivity index (χ3v) is 6.60. The Hall–Kier alpha value is -3.98. The van der Waals surface area contributed by atoms with E-state index in [0.717, 1.165) is 65.0 Å². The van der Waals surface area contributed by atoms with Crippen LogP contribution in [-0.4, -0.2) is 59.3 Å². The minimum atomic E-state index is 0.516. The van der Waals surface area contributed by atoms with Gasteiger partial charge in [-0.15, -0.1) is 0 Å². The zero-order valence-corrected chi connectivity index (χ0v) is 19.3. The van der Waals surface area contributed by atoms with Crippen molar-refractivity contribution in [1.29, 1.82) is 0 Å². The van der Waals surface area contributed by atoms with Crippen LogP contribution in [0.25, 0.3) is 33.4 Å². The summed E-state index contributed by atoms with van der Waals surface area (Å²) in [7, 11) is 4.07. The number of nitrogens with one attached hydrogen (secondary N) is 2. The van der Waals surface area contributed by atoms with Crippen molar-refractivity contribution in [3.05, 3.63) is 61.6 Å². The van der Waals surface area contributed by atoms with E-state index >= 15 is 0 Å². The lowest BCUT2D eigenvalue weighted by Crippen LogP contribution is -2.31. The lowest BCUT2D eigenvalue weighted by atomic mass is 10.0. The van der Waals surface area contributed by atoms with E-state index in [1.54, 1.807) is 17.1 Å². The van der Waals surface area contributed by atoms with E-state index in [9.17, 15) is 0 Å². The van der Waals surface area contributed by atoms with Crippen LogP contribution in [0, 0.1) is 0 Å². The monoisotopic (exact) mass is 453 g/mol. The van der Waals surface area contributed by atoms with Crippen LogP contribution < -0.4 is 5.32 Å². The van der Waals surface area contributed by atoms with Crippen molar-refractivity contribution in [2.75, 3.05) is 25.5 Å². The number of nitrogens with zero attached hydrogens (tertiary/aromatic N) is 7. The van der Waals surface area contributed by atoms with Gasteiger partial charge in [0.15, 0.2) is 0 Å². The maximum atomic E-state index is 4.76. The van der Waals surface area contributed by atoms with Gasteiger partial charge in [-0.1, -0.05) is 18.2 Å². The maximum Gasteiger partial charge on any atom is 0.227 e. The largest absolute Gasteiger partial charge is 0.360 e. The molecule has 0 unspecified atom stereocenters. The van der Waals surface area contributed by atoms with Crippen LogP contribution in [0.4, 0.5) is 11.6 Å². The average molecular weight is 454 g/mol. The van der Waals surface area contributed by atoms with Gasteiger partial charge in [-0.2, -0.15) is 5.10 Å². The minimum Gasteiger partial charge on any atom is -0.360 e. The number of hydrogen-bond acceptors (Lipinski definition) is 6. The first-order chi connectivity index (χ1) is 16.6. The van der Waals surface area contributed by atoms with Gasteiger partial charge in [0.2, 0.25) is 5.95 Å². The fraction of sp³-hybridized carbons (Fsp3) is 0.280. The van der Waals surface area contributed by atoms with E-state index in [1.807, 2.05) is 31.8 Å². The van der Waals surface area contributed by atoms with Crippen LogP contribution in [0.2, 0.25) is 0 Å². The highest BCUT2D eigenvalue weighted by Gasteiger charge is 2.19. The van der Waals surface area contributed by atoms with Gasteiger partial charge >= 0.3 is 0 Å². The summed E-state index contributed by atoms with van der Waals surface area (Å²) in [6, 6.07) is 8.77. The molecule has 9 heteroatoms. The second-order valence-electron chi connectivity index (χ2n) is 8.96. The first kappa shape index (κ1) is 20.6. The zero-order chi connectivity index (χ0) is 23.1. The predicted octanol–water partition coefficient (Wildman–Crippen LogP) is 4.23. The molecule has 34 heavy (non-hydrogen) atoms. The number of H-pyrrole nitrogens is 1. The smallest absolute Gasteiger partial charge is 0.227 e. The van der Waals surface area contributed by atoms with Crippen molar-refractivity contribution in [3.63, 3.8) is 0 Å². The molecule has 5 heterocycles. The molecule has 9 nitrogen and oxygen atoms in total. The second-order valence-corrected chi connectivity index (χ2v) is 8.96. The SMILES string of the molecule is CN1CCC(n2cnc(-c3cccc4c(-c5ccnc(Nc6cnn(C)c6)n5)c[nH]c34)c2)CC1. The molecule has 0 amide bonds. The number of hydrogen-bond donors (Lipinski definition) is 2. The Morgan fingerprint density at radius 1 is 1.00 bits per heavy atom. The molecule has 4 aromatic heterocycles. The third-order valence-electron chi connectivity index (χ3n) is 6.60. The molecule has 6 rings (SSSR count). The number of anilines is 2. The molecule has 1 aromatic carbocycles. The quantitative estimate of drug-likeness (QED) is 0.414. The summed E-state index contributed by atoms with van der Waals surface area (Å²) in [6.45, 7) is 2.26. The molecule has 1 aliphatic rings. The van der Waals surface area contributed by atoms with E-state index in [-0.39, 0.29) is 0 Å². The van der Waals surface area contributed by atoms with E-state index < -0.39 is 0 Å². The highest BCUT2D eigenvalue weighted by atomic mass is 15.3. The van der Waals surface area contributed by atoms with Gasteiger partial charge in [-0.3, -0.25) is 4.68 Å². The summed E-state index contributed by atoms with van der Waals surface area (Å²) < 4.78 is 4.02. The standard InChI is InChI=1S/C25H27N9/c1-32-10-7-18(8-11-32)34-15-23(28-16-34)20-5-3-4-19-21(13-27-24(19)20)22-6-9-26-25(31-22)30-17-12-29-33(2)14-17/h3-6,9,12-16,18,27H,7-8,10-11H2,1-2H3,(H,26,30,31). The Kier molecular flexibility index (Phi) is 5.10. The van der Waals surface area contributed by atoms with Gasteiger partial charge in [-0.25, -0.2) is 15.0 Å². The highest BCUT2D eigenvalue weighted by molar-refractivity contribution is 6.02. The number of aromatic amines is 1. The number of aryl methyl sites for hydroxylation is 1. The molecule has 0 saturated carbocycles. The van der Waals surface area contributed by atoms with Crippen LogP contribution in [0.5, 0.6) is 0 Å². The van der Waals surface area contributed by atoms with Crippen LogP contribution in [0.1, 0.15) is 18.9 Å². The van der Waals surface area contributed by atoms with Crippen molar-refractivity contribution in [3.8, 4) is 22.5 Å². The van der Waals surface area contributed by atoms with Crippen molar-refractivity contribution in [2.24, 2.45) is 7.05 Å². The summed E-state index contributed by atoms with van der Waals surface area (Å²) >= 11 is 0. The number of likely N-dealkylation sites (tertiary alicyclic amines) is 1. The summed E-state index contributed by atoms with van der Waals surface area (Å²) in [5.41, 5.74) is 5.87. The number of piperidine rings is 1. The molecule has 0 spiro atoms. The van der Waals surface area contributed by atoms with Gasteiger partial charge in [0, 0.05) is 54.4 Å². The first-order valence-electron chi connectivity index (χ1n) is 11.6. The molecule has 1 fully saturated rings. The van der Waals surface area contributed by atoms with Crippen molar-refractivity contribution >= 4 is 22.5 Å². The van der Waals surface area contributed by atoms with Crippen molar-refractivity contribution in [1.82, 2.24) is 39.2 Å². The molecule has 5 aromatic rings. The molecule has 172 valence electrons. The fourth-order valence-corrected chi connectivity index (χ4v) is 4.73. The molecule has 0 atom stereocenters. The molecule has 0 bridgehead atoms. The van der Waals surface area contributed by atoms with Gasteiger partial charge in [-0.05, 0) is 39.0 Å². The van der Waals surface area contributed by atoms with Gasteiger partial charge in [0.05, 0.1) is 35.1 Å². The van der Waals surface area contributed by atoms with Crippen molar-refractivity contribution < 1.29 is 0 Å². The Balaban J connectivity index is 1.31. The molecule has 2 N–H and O–H groups in total. The maximum absolute atomic E-state index is 4.76. The third kappa shape index (κ3) is 3.84. The molecular formula is C25H27N9. The summed E-state index contributed by atoms with van der Waals surface area (Å²) in [6.07, 6.45) is 13.9. The second kappa shape index (κ2) is 8.42. The molecule has 1 saturated heterocycles. The van der Waals surface area contributed by atoms with Crippen LogP contribution in [0.15, 0.2) is 61.6 Å². The minimum absolute atomic E-state index is 0.516. The van der Waals surface area contributed by atoms with E-state index in [1.165, 1.54) is 0 Å². The van der Waals surface area contributed by atoms with Crippen LogP contribution >= 0.6 is 0 Å². The number of rotatable bonds is 5. The lowest BCUT2D eigenvalue weighted by molar-refractivity contribution is 0.221. The van der Waals surface area contributed by atoms with Gasteiger partial charge in [0.1, 0.15) is 0 Å². The van der Waals surface area contributed by atoms with Crippen molar-refractivity contribution in [2.45, 2.75) is 18.9 Å². The topological polar surface area (TPSA) is 92.5 Å². The molecule has 0 radical (unpaired) electrons. The molecule has 1 aliphatic heterocycles. The average Bonchev–Trinajstić information content (AvgIpc) is 3.59. The molecular weight excluding hydrogens is 426 g/mol. The number of fused-ring (bicyclic) bond motifs is 1. The zero-order valence-electron chi connectivity index (χ0n) is 19.3. The number of aromatic nitrogens is 7. The Bertz CT molecular complexity index is 1440. The van der Waals surface area contributed by atoms with Gasteiger partial charge < -0.3 is 19.8 Å². The van der Waals surface area contributed by atoms with E-state index in [2.05, 4.69) is 61.3 Å². The predicted molar refractivity (Wildman–Crippen MR) is 133 cm³/mol. The Labute approximate surface area is 197 Å². The van der Waals surface area contributed by atoms with Crippen LogP contribution in [-0.2, 0) is 7.05 Å². The van der Waals surface area contributed by atoms with Gasteiger partial charge in [0.25, 0.3) is 0 Å². The summed E-state index contributed by atoms with van der Waals surface area (Å²) in [5.74, 6) is 0.535. The Morgan fingerprint density at radius 2 is 1.88 bits per heavy atom. The fourth-order valence-electron chi connectivity index (χ4n) is 4.73. The van der Waals surface area contributed by atoms with E-state index in [4.69, 9.17) is 9.97 Å². The Morgan fingerprint density at radius 3 is 2.71 bits per heavy atom. The van der Waals surface area contributed by atoms with E-state index in [0.29, 0.717) is 12.0 Å². The summed E-state index contributed by atoms with van der Waals surface area (Å²) in [4.78, 5) is 19.7. The molecule has 0 aliphatic carbocycles. The number of para-hydroxylation sites is 1. The summed E-state index contributed by atoms with van der Waals surface area (Å²) in [5, 5.41) is 8.51. The lowest BCUT2D eigenvalue weighted by Gasteiger charge is -2.29. The first-order valence-corrected chi connectivity index (χ1v) is 11.6. The normalized spacial score (nSPS) is 15.2. The van der Waals surface area contributed by atoms with Crippen LogP contribution in [0.3, 0.4) is 0 Å². The number of imidazole rings is 1.